The van der Waals surface area contributed by atoms with Crippen molar-refractivity contribution in [3.8, 4) is 0 Å². The van der Waals surface area contributed by atoms with E-state index in [1.807, 2.05) is 39.5 Å². The molecule has 0 bridgehead atoms. The Balaban J connectivity index is 0.00000625. The summed E-state index contributed by atoms with van der Waals surface area (Å²) in [6.07, 6.45) is 0. The molecule has 0 aromatic heterocycles. The Morgan fingerprint density at radius 1 is 1.15 bits per heavy atom. The number of aryl methyl sites for hydroxylation is 1. The van der Waals surface area contributed by atoms with Crippen LogP contribution < -0.4 is 16.0 Å². The van der Waals surface area contributed by atoms with Gasteiger partial charge in [0.1, 0.15) is 6.54 Å². The number of guanidine groups is 1. The minimum absolute atomic E-state index is 0. The van der Waals surface area contributed by atoms with Crippen molar-refractivity contribution in [2.75, 3.05) is 25.4 Å². The van der Waals surface area contributed by atoms with E-state index < -0.39 is 0 Å². The number of carbonyl (C=O) groups is 1. The van der Waals surface area contributed by atoms with Gasteiger partial charge in [0, 0.05) is 30.1 Å². The lowest BCUT2D eigenvalue weighted by molar-refractivity contribution is -0.121. The van der Waals surface area contributed by atoms with Crippen LogP contribution in [0.15, 0.2) is 29.3 Å². The number of rotatable bonds is 8. The summed E-state index contributed by atoms with van der Waals surface area (Å²) in [7, 11) is 0. The normalized spacial score (nSPS) is 11.5. The molecule has 0 aliphatic carbocycles. The van der Waals surface area contributed by atoms with E-state index >= 15 is 0 Å². The van der Waals surface area contributed by atoms with E-state index in [2.05, 4.69) is 52.1 Å². The van der Waals surface area contributed by atoms with Gasteiger partial charge in [0.25, 0.3) is 0 Å². The molecule has 1 aromatic carbocycles. The summed E-state index contributed by atoms with van der Waals surface area (Å²) in [4.78, 5) is 16.2. The number of carbonyl (C=O) groups excluding carboxylic acids is 1. The lowest BCUT2D eigenvalue weighted by atomic mass is 10.1. The van der Waals surface area contributed by atoms with Crippen LogP contribution in [0.2, 0.25) is 0 Å². The molecular formula is C19H33IN4OS. The Labute approximate surface area is 179 Å². The zero-order valence-corrected chi connectivity index (χ0v) is 19.7. The third-order valence-electron chi connectivity index (χ3n) is 3.17. The SMILES string of the molecule is CCNC(=NCC(=O)NC(C)(C)C)NCCSCc1ccc(C)cc1.I. The van der Waals surface area contributed by atoms with E-state index in [4.69, 9.17) is 0 Å². The lowest BCUT2D eigenvalue weighted by Gasteiger charge is -2.20. The van der Waals surface area contributed by atoms with E-state index in [1.165, 1.54) is 11.1 Å². The van der Waals surface area contributed by atoms with Crippen molar-refractivity contribution in [1.82, 2.24) is 16.0 Å². The highest BCUT2D eigenvalue weighted by Gasteiger charge is 2.13. The van der Waals surface area contributed by atoms with Gasteiger partial charge in [-0.15, -0.1) is 24.0 Å². The molecule has 5 nitrogen and oxygen atoms in total. The molecule has 26 heavy (non-hydrogen) atoms. The Kier molecular flexibility index (Phi) is 12.8. The zero-order chi connectivity index (χ0) is 18.7. The van der Waals surface area contributed by atoms with Crippen LogP contribution in [-0.2, 0) is 10.5 Å². The summed E-state index contributed by atoms with van der Waals surface area (Å²) in [5.41, 5.74) is 2.40. The van der Waals surface area contributed by atoms with Crippen LogP contribution in [0.3, 0.4) is 0 Å². The number of amides is 1. The van der Waals surface area contributed by atoms with Gasteiger partial charge in [-0.1, -0.05) is 29.8 Å². The van der Waals surface area contributed by atoms with Crippen molar-refractivity contribution in [1.29, 1.82) is 0 Å². The molecule has 0 heterocycles. The van der Waals surface area contributed by atoms with Crippen molar-refractivity contribution in [2.45, 2.75) is 45.9 Å². The van der Waals surface area contributed by atoms with Crippen molar-refractivity contribution in [3.05, 3.63) is 35.4 Å². The minimum atomic E-state index is -0.231. The van der Waals surface area contributed by atoms with Gasteiger partial charge in [-0.05, 0) is 40.2 Å². The predicted octanol–water partition coefficient (Wildman–Crippen LogP) is 3.32. The molecule has 1 rings (SSSR count). The molecule has 0 fully saturated rings. The van der Waals surface area contributed by atoms with Gasteiger partial charge in [-0.25, -0.2) is 4.99 Å². The molecule has 7 heteroatoms. The number of benzene rings is 1. The van der Waals surface area contributed by atoms with E-state index in [9.17, 15) is 4.79 Å². The molecule has 0 radical (unpaired) electrons. The summed E-state index contributed by atoms with van der Waals surface area (Å²) in [5, 5.41) is 9.35. The summed E-state index contributed by atoms with van der Waals surface area (Å²) >= 11 is 1.88. The van der Waals surface area contributed by atoms with Crippen LogP contribution >= 0.6 is 35.7 Å². The van der Waals surface area contributed by atoms with Gasteiger partial charge in [-0.3, -0.25) is 4.79 Å². The molecule has 0 aliphatic rings. The van der Waals surface area contributed by atoms with E-state index in [1.54, 1.807) is 0 Å². The van der Waals surface area contributed by atoms with E-state index in [0.717, 1.165) is 24.6 Å². The number of nitrogens with zero attached hydrogens (tertiary/aromatic N) is 1. The highest BCUT2D eigenvalue weighted by atomic mass is 127. The monoisotopic (exact) mass is 492 g/mol. The third kappa shape index (κ3) is 12.4. The Bertz CT molecular complexity index is 556. The fourth-order valence-electron chi connectivity index (χ4n) is 2.07. The first kappa shape index (κ1) is 25.0. The fraction of sp³-hybridized carbons (Fsp3) is 0.579. The smallest absolute Gasteiger partial charge is 0.242 e. The molecule has 0 spiro atoms. The van der Waals surface area contributed by atoms with E-state index in [0.29, 0.717) is 5.96 Å². The number of hydrogen-bond donors (Lipinski definition) is 3. The Morgan fingerprint density at radius 3 is 2.38 bits per heavy atom. The Morgan fingerprint density at radius 2 is 1.81 bits per heavy atom. The number of halogens is 1. The summed E-state index contributed by atoms with van der Waals surface area (Å²) in [6.45, 7) is 11.7. The predicted molar refractivity (Wildman–Crippen MR) is 125 cm³/mol. The molecule has 0 aliphatic heterocycles. The summed E-state index contributed by atoms with van der Waals surface area (Å²) in [5.74, 6) is 2.59. The molecule has 0 saturated heterocycles. The molecule has 0 unspecified atom stereocenters. The van der Waals surface area contributed by atoms with Gasteiger partial charge in [-0.2, -0.15) is 11.8 Å². The summed E-state index contributed by atoms with van der Waals surface area (Å²) < 4.78 is 0. The topological polar surface area (TPSA) is 65.5 Å². The van der Waals surface area contributed by atoms with Crippen LogP contribution in [0.1, 0.15) is 38.8 Å². The Hall–Kier alpha value is -0.960. The highest BCUT2D eigenvalue weighted by Crippen LogP contribution is 2.12. The number of nitrogens with one attached hydrogen (secondary N) is 3. The van der Waals surface area contributed by atoms with Crippen LogP contribution in [0.25, 0.3) is 0 Å². The number of thioether (sulfide) groups is 1. The number of aliphatic imine (C=N–C) groups is 1. The molecule has 1 aromatic rings. The van der Waals surface area contributed by atoms with Gasteiger partial charge in [0.2, 0.25) is 5.91 Å². The fourth-order valence-corrected chi connectivity index (χ4v) is 2.89. The second-order valence-electron chi connectivity index (χ2n) is 6.96. The van der Waals surface area contributed by atoms with Gasteiger partial charge in [0.05, 0.1) is 0 Å². The first-order valence-corrected chi connectivity index (χ1v) is 9.92. The van der Waals surface area contributed by atoms with Crippen molar-refractivity contribution >= 4 is 47.6 Å². The van der Waals surface area contributed by atoms with E-state index in [-0.39, 0.29) is 42.0 Å². The van der Waals surface area contributed by atoms with Crippen LogP contribution in [0.5, 0.6) is 0 Å². The number of hydrogen-bond acceptors (Lipinski definition) is 3. The molecule has 148 valence electrons. The quantitative estimate of drug-likeness (QED) is 0.226. The van der Waals surface area contributed by atoms with Crippen molar-refractivity contribution < 1.29 is 4.79 Å². The second-order valence-corrected chi connectivity index (χ2v) is 8.06. The average molecular weight is 492 g/mol. The van der Waals surface area contributed by atoms with Crippen molar-refractivity contribution in [3.63, 3.8) is 0 Å². The first-order valence-electron chi connectivity index (χ1n) is 8.76. The average Bonchev–Trinajstić information content (AvgIpc) is 2.52. The largest absolute Gasteiger partial charge is 0.357 e. The highest BCUT2D eigenvalue weighted by molar-refractivity contribution is 14.0. The third-order valence-corrected chi connectivity index (χ3v) is 4.20. The molecule has 0 atom stereocenters. The first-order chi connectivity index (χ1) is 11.8. The maximum absolute atomic E-state index is 11.8. The molecule has 3 N–H and O–H groups in total. The molecule has 1 amide bonds. The minimum Gasteiger partial charge on any atom is -0.357 e. The second kappa shape index (κ2) is 13.2. The van der Waals surface area contributed by atoms with Crippen molar-refractivity contribution in [2.24, 2.45) is 4.99 Å². The molecule has 0 saturated carbocycles. The van der Waals surface area contributed by atoms with Gasteiger partial charge in [0.15, 0.2) is 5.96 Å². The van der Waals surface area contributed by atoms with Gasteiger partial charge < -0.3 is 16.0 Å². The van der Waals surface area contributed by atoms with Crippen LogP contribution in [-0.4, -0.2) is 42.8 Å². The van der Waals surface area contributed by atoms with Gasteiger partial charge >= 0.3 is 0 Å². The maximum Gasteiger partial charge on any atom is 0.242 e. The van der Waals surface area contributed by atoms with Crippen LogP contribution in [0, 0.1) is 6.92 Å². The standard InChI is InChI=1S/C19H32N4OS.HI/c1-6-20-18(22-13-17(24)23-19(3,4)5)21-11-12-25-14-16-9-7-15(2)8-10-16;/h7-10H,6,11-14H2,1-5H3,(H,23,24)(H2,20,21,22);1H. The van der Waals surface area contributed by atoms with Crippen LogP contribution in [0.4, 0.5) is 0 Å². The lowest BCUT2D eigenvalue weighted by Crippen LogP contribution is -2.43. The molecular weight excluding hydrogens is 459 g/mol. The summed E-state index contributed by atoms with van der Waals surface area (Å²) in [6, 6.07) is 8.64. The maximum atomic E-state index is 11.8. The zero-order valence-electron chi connectivity index (χ0n) is 16.5.